The standard InChI is InChI=1S/C16H22N2O/c1-12(16-8-5-9-19-16)17-10-13-11-18(2)15-7-4-3-6-14(13)15/h3-4,6-7,11-12,16-17H,5,8-10H2,1-2H3. The lowest BCUT2D eigenvalue weighted by Gasteiger charge is -2.19. The van der Waals surface area contributed by atoms with Gasteiger partial charge in [0.2, 0.25) is 0 Å². The first kappa shape index (κ1) is 12.7. The Morgan fingerprint density at radius 1 is 1.42 bits per heavy atom. The molecule has 1 aliphatic rings. The smallest absolute Gasteiger partial charge is 0.0726 e. The number of hydrogen-bond donors (Lipinski definition) is 1. The number of hydrogen-bond acceptors (Lipinski definition) is 2. The van der Waals surface area contributed by atoms with Gasteiger partial charge in [0.1, 0.15) is 0 Å². The fourth-order valence-electron chi connectivity index (χ4n) is 2.97. The zero-order valence-corrected chi connectivity index (χ0v) is 11.7. The second-order valence-corrected chi connectivity index (χ2v) is 5.50. The van der Waals surface area contributed by atoms with E-state index in [9.17, 15) is 0 Å². The molecule has 0 saturated carbocycles. The quantitative estimate of drug-likeness (QED) is 0.912. The second kappa shape index (κ2) is 5.35. The molecule has 0 bridgehead atoms. The van der Waals surface area contributed by atoms with Crippen LogP contribution in [0.15, 0.2) is 30.5 Å². The summed E-state index contributed by atoms with van der Waals surface area (Å²) in [6.45, 7) is 4.05. The fraction of sp³-hybridized carbons (Fsp3) is 0.500. The van der Waals surface area contributed by atoms with Crippen LogP contribution in [-0.4, -0.2) is 23.3 Å². The number of aromatic nitrogens is 1. The highest BCUT2D eigenvalue weighted by molar-refractivity contribution is 5.83. The number of benzene rings is 1. The van der Waals surface area contributed by atoms with Crippen LogP contribution in [-0.2, 0) is 18.3 Å². The summed E-state index contributed by atoms with van der Waals surface area (Å²) in [6.07, 6.45) is 4.99. The van der Waals surface area contributed by atoms with Crippen molar-refractivity contribution in [3.05, 3.63) is 36.0 Å². The molecular formula is C16H22N2O. The average Bonchev–Trinajstić information content (AvgIpc) is 3.06. The van der Waals surface area contributed by atoms with E-state index in [-0.39, 0.29) is 0 Å². The van der Waals surface area contributed by atoms with Crippen LogP contribution >= 0.6 is 0 Å². The van der Waals surface area contributed by atoms with Crippen molar-refractivity contribution in [1.82, 2.24) is 9.88 Å². The van der Waals surface area contributed by atoms with E-state index < -0.39 is 0 Å². The molecule has 0 aliphatic carbocycles. The number of nitrogens with one attached hydrogen (secondary N) is 1. The Kier molecular flexibility index (Phi) is 3.58. The summed E-state index contributed by atoms with van der Waals surface area (Å²) >= 11 is 0. The zero-order valence-electron chi connectivity index (χ0n) is 11.7. The lowest BCUT2D eigenvalue weighted by molar-refractivity contribution is 0.0832. The van der Waals surface area contributed by atoms with Crippen molar-refractivity contribution in [3.63, 3.8) is 0 Å². The molecule has 0 amide bonds. The molecule has 3 rings (SSSR count). The van der Waals surface area contributed by atoms with E-state index >= 15 is 0 Å². The number of fused-ring (bicyclic) bond motifs is 1. The second-order valence-electron chi connectivity index (χ2n) is 5.50. The number of rotatable bonds is 4. The third-order valence-electron chi connectivity index (χ3n) is 4.12. The molecule has 2 aromatic rings. The molecule has 102 valence electrons. The molecule has 2 atom stereocenters. The van der Waals surface area contributed by atoms with Crippen LogP contribution in [0.1, 0.15) is 25.3 Å². The Morgan fingerprint density at radius 2 is 2.26 bits per heavy atom. The zero-order chi connectivity index (χ0) is 13.2. The van der Waals surface area contributed by atoms with Gasteiger partial charge >= 0.3 is 0 Å². The van der Waals surface area contributed by atoms with Gasteiger partial charge in [0, 0.05) is 43.3 Å². The van der Waals surface area contributed by atoms with E-state index in [1.807, 2.05) is 0 Å². The highest BCUT2D eigenvalue weighted by Crippen LogP contribution is 2.21. The van der Waals surface area contributed by atoms with Gasteiger partial charge in [0.15, 0.2) is 0 Å². The maximum atomic E-state index is 5.73. The molecule has 1 saturated heterocycles. The molecule has 3 heteroatoms. The number of ether oxygens (including phenoxy) is 1. The predicted molar refractivity (Wildman–Crippen MR) is 78.2 cm³/mol. The predicted octanol–water partition coefficient (Wildman–Crippen LogP) is 2.84. The normalized spacial score (nSPS) is 21.1. The molecule has 3 nitrogen and oxygen atoms in total. The third kappa shape index (κ3) is 2.53. The maximum absolute atomic E-state index is 5.73. The average molecular weight is 258 g/mol. The summed E-state index contributed by atoms with van der Waals surface area (Å²) in [6, 6.07) is 8.98. The van der Waals surface area contributed by atoms with Gasteiger partial charge in [-0.1, -0.05) is 18.2 Å². The molecule has 0 spiro atoms. The molecular weight excluding hydrogens is 236 g/mol. The van der Waals surface area contributed by atoms with Gasteiger partial charge in [0.05, 0.1) is 6.10 Å². The van der Waals surface area contributed by atoms with E-state index in [1.54, 1.807) is 0 Å². The molecule has 1 aromatic heterocycles. The number of para-hydroxylation sites is 1. The van der Waals surface area contributed by atoms with E-state index in [0.717, 1.165) is 13.2 Å². The molecule has 2 unspecified atom stereocenters. The fourth-order valence-corrected chi connectivity index (χ4v) is 2.97. The van der Waals surface area contributed by atoms with Gasteiger partial charge in [-0.25, -0.2) is 0 Å². The molecule has 1 aromatic carbocycles. The number of aryl methyl sites for hydroxylation is 1. The van der Waals surface area contributed by atoms with Gasteiger partial charge in [-0.15, -0.1) is 0 Å². The van der Waals surface area contributed by atoms with Crippen LogP contribution in [0.2, 0.25) is 0 Å². The topological polar surface area (TPSA) is 26.2 Å². The van der Waals surface area contributed by atoms with Crippen LogP contribution < -0.4 is 5.32 Å². The maximum Gasteiger partial charge on any atom is 0.0726 e. The van der Waals surface area contributed by atoms with Crippen molar-refractivity contribution in [1.29, 1.82) is 0 Å². The van der Waals surface area contributed by atoms with Crippen molar-refractivity contribution >= 4 is 10.9 Å². The van der Waals surface area contributed by atoms with Crippen LogP contribution in [0.25, 0.3) is 10.9 Å². The van der Waals surface area contributed by atoms with Crippen molar-refractivity contribution in [2.75, 3.05) is 6.61 Å². The van der Waals surface area contributed by atoms with Crippen LogP contribution in [0.3, 0.4) is 0 Å². The SMILES string of the molecule is CC(NCc1cn(C)c2ccccc12)C1CCCO1. The minimum Gasteiger partial charge on any atom is -0.377 e. The van der Waals surface area contributed by atoms with Gasteiger partial charge in [-0.05, 0) is 31.4 Å². The van der Waals surface area contributed by atoms with E-state index in [1.165, 1.54) is 29.3 Å². The van der Waals surface area contributed by atoms with Crippen LogP contribution in [0.4, 0.5) is 0 Å². The van der Waals surface area contributed by atoms with E-state index in [0.29, 0.717) is 12.1 Å². The summed E-state index contributed by atoms with van der Waals surface area (Å²) < 4.78 is 7.93. The van der Waals surface area contributed by atoms with Gasteiger partial charge in [0.25, 0.3) is 0 Å². The molecule has 1 aliphatic heterocycles. The first-order valence-electron chi connectivity index (χ1n) is 7.13. The Balaban J connectivity index is 1.71. The monoisotopic (exact) mass is 258 g/mol. The largest absolute Gasteiger partial charge is 0.377 e. The lowest BCUT2D eigenvalue weighted by atomic mass is 10.1. The van der Waals surface area contributed by atoms with Crippen molar-refractivity contribution in [2.45, 2.75) is 38.5 Å². The Labute approximate surface area is 114 Å². The lowest BCUT2D eigenvalue weighted by Crippen LogP contribution is -2.36. The Hall–Kier alpha value is -1.32. The first-order chi connectivity index (χ1) is 9.25. The molecule has 1 fully saturated rings. The van der Waals surface area contributed by atoms with Gasteiger partial charge in [-0.3, -0.25) is 0 Å². The van der Waals surface area contributed by atoms with E-state index in [2.05, 4.69) is 54.3 Å². The van der Waals surface area contributed by atoms with Gasteiger partial charge < -0.3 is 14.6 Å². The van der Waals surface area contributed by atoms with Crippen molar-refractivity contribution in [3.8, 4) is 0 Å². The minimum absolute atomic E-state index is 0.384. The van der Waals surface area contributed by atoms with Crippen LogP contribution in [0, 0.1) is 0 Å². The Morgan fingerprint density at radius 3 is 3.05 bits per heavy atom. The summed E-state index contributed by atoms with van der Waals surface area (Å²) in [5.74, 6) is 0. The van der Waals surface area contributed by atoms with Gasteiger partial charge in [-0.2, -0.15) is 0 Å². The highest BCUT2D eigenvalue weighted by atomic mass is 16.5. The Bertz CT molecular complexity index is 555. The molecule has 2 heterocycles. The summed E-state index contributed by atoms with van der Waals surface area (Å²) in [7, 11) is 2.11. The van der Waals surface area contributed by atoms with Crippen molar-refractivity contribution in [2.24, 2.45) is 7.05 Å². The van der Waals surface area contributed by atoms with E-state index in [4.69, 9.17) is 4.74 Å². The number of nitrogens with zero attached hydrogens (tertiary/aromatic N) is 1. The molecule has 1 N–H and O–H groups in total. The third-order valence-corrected chi connectivity index (χ3v) is 4.12. The first-order valence-corrected chi connectivity index (χ1v) is 7.13. The summed E-state index contributed by atoms with van der Waals surface area (Å²) in [5, 5.41) is 4.95. The summed E-state index contributed by atoms with van der Waals surface area (Å²) in [4.78, 5) is 0. The minimum atomic E-state index is 0.384. The van der Waals surface area contributed by atoms with Crippen LogP contribution in [0.5, 0.6) is 0 Å². The molecule has 0 radical (unpaired) electrons. The summed E-state index contributed by atoms with van der Waals surface area (Å²) in [5.41, 5.74) is 2.66. The molecule has 19 heavy (non-hydrogen) atoms. The van der Waals surface area contributed by atoms with Crippen molar-refractivity contribution < 1.29 is 4.74 Å². The highest BCUT2D eigenvalue weighted by Gasteiger charge is 2.22.